The van der Waals surface area contributed by atoms with E-state index in [1.165, 1.54) is 51.4 Å². The SMILES string of the molecule is C[C@H]1CC[C@H](C2CC[CH]CC2)CC1. The van der Waals surface area contributed by atoms with E-state index in [9.17, 15) is 0 Å². The molecule has 0 spiro atoms. The second-order valence-corrected chi connectivity index (χ2v) is 5.22. The van der Waals surface area contributed by atoms with Gasteiger partial charge in [0.1, 0.15) is 0 Å². The molecule has 0 aromatic heterocycles. The first kappa shape index (κ1) is 9.55. The zero-order chi connectivity index (χ0) is 9.10. The zero-order valence-electron chi connectivity index (χ0n) is 8.97. The predicted molar refractivity (Wildman–Crippen MR) is 57.4 cm³/mol. The fourth-order valence-corrected chi connectivity index (χ4v) is 3.18. The van der Waals surface area contributed by atoms with Crippen molar-refractivity contribution in [3.63, 3.8) is 0 Å². The van der Waals surface area contributed by atoms with E-state index in [0.717, 1.165) is 17.8 Å². The standard InChI is InChI=1S/C13H23/c1-11-7-9-13(10-8-11)12-5-3-2-4-6-12/h2,11-13H,3-10H2,1H3/t11-,13-. The van der Waals surface area contributed by atoms with Gasteiger partial charge in [-0.3, -0.25) is 0 Å². The highest BCUT2D eigenvalue weighted by molar-refractivity contribution is 4.83. The molecule has 0 saturated heterocycles. The van der Waals surface area contributed by atoms with Crippen molar-refractivity contribution in [3.8, 4) is 0 Å². The van der Waals surface area contributed by atoms with E-state index < -0.39 is 0 Å². The van der Waals surface area contributed by atoms with Gasteiger partial charge >= 0.3 is 0 Å². The van der Waals surface area contributed by atoms with Crippen molar-refractivity contribution in [2.75, 3.05) is 0 Å². The lowest BCUT2D eigenvalue weighted by Gasteiger charge is -2.34. The highest BCUT2D eigenvalue weighted by Crippen LogP contribution is 2.39. The van der Waals surface area contributed by atoms with Gasteiger partial charge in [-0.15, -0.1) is 0 Å². The molecule has 0 heterocycles. The lowest BCUT2D eigenvalue weighted by molar-refractivity contribution is 0.184. The quantitative estimate of drug-likeness (QED) is 0.565. The summed E-state index contributed by atoms with van der Waals surface area (Å²) in [5.41, 5.74) is 0. The number of hydrogen-bond donors (Lipinski definition) is 0. The van der Waals surface area contributed by atoms with Crippen LogP contribution in [0.4, 0.5) is 0 Å². The van der Waals surface area contributed by atoms with Crippen molar-refractivity contribution in [2.24, 2.45) is 17.8 Å². The van der Waals surface area contributed by atoms with E-state index in [4.69, 9.17) is 0 Å². The summed E-state index contributed by atoms with van der Waals surface area (Å²) < 4.78 is 0. The number of hydrogen-bond acceptors (Lipinski definition) is 0. The highest BCUT2D eigenvalue weighted by atomic mass is 14.3. The van der Waals surface area contributed by atoms with E-state index in [1.54, 1.807) is 0 Å². The molecule has 0 nitrogen and oxygen atoms in total. The van der Waals surface area contributed by atoms with Crippen LogP contribution >= 0.6 is 0 Å². The predicted octanol–water partition coefficient (Wildman–Crippen LogP) is 4.21. The average molecular weight is 179 g/mol. The van der Waals surface area contributed by atoms with Crippen molar-refractivity contribution >= 4 is 0 Å². The maximum Gasteiger partial charge on any atom is -0.0386 e. The molecule has 0 heteroatoms. The van der Waals surface area contributed by atoms with Gasteiger partial charge in [-0.2, -0.15) is 0 Å². The Kier molecular flexibility index (Phi) is 3.29. The molecule has 1 radical (unpaired) electrons. The minimum absolute atomic E-state index is 1.02. The molecule has 0 aromatic carbocycles. The smallest absolute Gasteiger partial charge is 0.0386 e. The largest absolute Gasteiger partial charge is 0.0625 e. The van der Waals surface area contributed by atoms with E-state index in [-0.39, 0.29) is 0 Å². The molecular weight excluding hydrogens is 156 g/mol. The van der Waals surface area contributed by atoms with Gasteiger partial charge in [-0.1, -0.05) is 19.8 Å². The highest BCUT2D eigenvalue weighted by Gasteiger charge is 2.26. The molecule has 13 heavy (non-hydrogen) atoms. The molecule has 0 unspecified atom stereocenters. The first-order valence-electron chi connectivity index (χ1n) is 6.18. The van der Waals surface area contributed by atoms with E-state index in [2.05, 4.69) is 13.3 Å². The minimum Gasteiger partial charge on any atom is -0.0625 e. The Morgan fingerprint density at radius 1 is 0.769 bits per heavy atom. The maximum absolute atomic E-state index is 2.49. The summed E-state index contributed by atoms with van der Waals surface area (Å²) in [7, 11) is 0. The Hall–Kier alpha value is 0. The van der Waals surface area contributed by atoms with Crippen LogP contribution in [0.2, 0.25) is 0 Å². The Balaban J connectivity index is 1.79. The molecule has 0 bridgehead atoms. The normalized spacial score (nSPS) is 37.6. The van der Waals surface area contributed by atoms with Crippen LogP contribution in [-0.4, -0.2) is 0 Å². The van der Waals surface area contributed by atoms with Gasteiger partial charge in [0.05, 0.1) is 0 Å². The molecule has 2 fully saturated rings. The molecular formula is C13H23. The van der Waals surface area contributed by atoms with Crippen LogP contribution in [0.1, 0.15) is 58.3 Å². The van der Waals surface area contributed by atoms with E-state index >= 15 is 0 Å². The Morgan fingerprint density at radius 3 is 1.92 bits per heavy atom. The van der Waals surface area contributed by atoms with Crippen LogP contribution in [0.15, 0.2) is 0 Å². The molecule has 0 aromatic rings. The minimum atomic E-state index is 1.02. The van der Waals surface area contributed by atoms with Gasteiger partial charge in [-0.25, -0.2) is 0 Å². The Labute approximate surface area is 83.1 Å². The summed E-state index contributed by atoms with van der Waals surface area (Å²) in [5.74, 6) is 3.22. The van der Waals surface area contributed by atoms with Crippen molar-refractivity contribution in [1.29, 1.82) is 0 Å². The van der Waals surface area contributed by atoms with Gasteiger partial charge in [0.2, 0.25) is 0 Å². The third-order valence-electron chi connectivity index (χ3n) is 4.21. The summed E-state index contributed by atoms with van der Waals surface area (Å²) in [4.78, 5) is 0. The lowest BCUT2D eigenvalue weighted by atomic mass is 9.71. The maximum atomic E-state index is 2.49. The van der Waals surface area contributed by atoms with Gasteiger partial charge in [-0.05, 0) is 62.7 Å². The summed E-state index contributed by atoms with van der Waals surface area (Å²) in [6.07, 6.45) is 14.4. The molecule has 2 aliphatic carbocycles. The Bertz CT molecular complexity index is 136. The number of rotatable bonds is 1. The van der Waals surface area contributed by atoms with Crippen molar-refractivity contribution < 1.29 is 0 Å². The molecule has 0 atom stereocenters. The molecule has 2 rings (SSSR count). The van der Waals surface area contributed by atoms with Crippen molar-refractivity contribution in [3.05, 3.63) is 6.42 Å². The van der Waals surface area contributed by atoms with Crippen molar-refractivity contribution in [2.45, 2.75) is 58.3 Å². The van der Waals surface area contributed by atoms with Gasteiger partial charge < -0.3 is 0 Å². The van der Waals surface area contributed by atoms with Crippen LogP contribution in [0.25, 0.3) is 0 Å². The molecule has 2 saturated carbocycles. The van der Waals surface area contributed by atoms with Crippen LogP contribution in [0.3, 0.4) is 0 Å². The Morgan fingerprint density at radius 2 is 1.31 bits per heavy atom. The van der Waals surface area contributed by atoms with Gasteiger partial charge in [0.15, 0.2) is 0 Å². The van der Waals surface area contributed by atoms with Gasteiger partial charge in [0, 0.05) is 0 Å². The van der Waals surface area contributed by atoms with E-state index in [0.29, 0.717) is 0 Å². The average Bonchev–Trinajstić information content (AvgIpc) is 2.20. The summed E-state index contributed by atoms with van der Waals surface area (Å²) in [6.45, 7) is 2.42. The summed E-state index contributed by atoms with van der Waals surface area (Å²) in [6, 6.07) is 0. The second kappa shape index (κ2) is 4.48. The van der Waals surface area contributed by atoms with E-state index in [1.807, 2.05) is 0 Å². The fourth-order valence-electron chi connectivity index (χ4n) is 3.18. The fraction of sp³-hybridized carbons (Fsp3) is 0.923. The van der Waals surface area contributed by atoms with Crippen LogP contribution in [-0.2, 0) is 0 Å². The molecule has 75 valence electrons. The van der Waals surface area contributed by atoms with Gasteiger partial charge in [0.25, 0.3) is 0 Å². The molecule has 2 aliphatic rings. The summed E-state index contributed by atoms with van der Waals surface area (Å²) in [5, 5.41) is 0. The molecule has 0 N–H and O–H groups in total. The molecule has 0 aliphatic heterocycles. The lowest BCUT2D eigenvalue weighted by Crippen LogP contribution is -2.22. The first-order chi connectivity index (χ1) is 6.36. The third-order valence-corrected chi connectivity index (χ3v) is 4.21. The van der Waals surface area contributed by atoms with Crippen LogP contribution < -0.4 is 0 Å². The van der Waals surface area contributed by atoms with Crippen molar-refractivity contribution in [1.82, 2.24) is 0 Å². The van der Waals surface area contributed by atoms with Crippen LogP contribution in [0.5, 0.6) is 0 Å². The third kappa shape index (κ3) is 2.48. The topological polar surface area (TPSA) is 0 Å². The second-order valence-electron chi connectivity index (χ2n) is 5.22. The zero-order valence-corrected chi connectivity index (χ0v) is 8.97. The first-order valence-corrected chi connectivity index (χ1v) is 6.18. The van der Waals surface area contributed by atoms with Crippen LogP contribution in [0, 0.1) is 24.2 Å². The summed E-state index contributed by atoms with van der Waals surface area (Å²) >= 11 is 0. The molecule has 0 amide bonds. The monoisotopic (exact) mass is 179 g/mol.